The van der Waals surface area contributed by atoms with Gasteiger partial charge >= 0.3 is 5.97 Å². The van der Waals surface area contributed by atoms with Crippen LogP contribution in [0.5, 0.6) is 0 Å². The number of halogens is 1. The van der Waals surface area contributed by atoms with E-state index in [9.17, 15) is 18.8 Å². The van der Waals surface area contributed by atoms with Crippen molar-refractivity contribution in [1.82, 2.24) is 14.7 Å². The van der Waals surface area contributed by atoms with Crippen LogP contribution < -0.4 is 5.43 Å². The summed E-state index contributed by atoms with van der Waals surface area (Å²) in [6.45, 7) is 3.13. The molecule has 1 aliphatic heterocycles. The number of para-hydroxylation sites is 1. The lowest BCUT2D eigenvalue weighted by molar-refractivity contribution is -0.160. The van der Waals surface area contributed by atoms with Crippen molar-refractivity contribution in [3.63, 3.8) is 0 Å². The standard InChI is InChI=1S/C18H18FN3O5/c1-10-7-14(23)16(20-22(10)13-6-4-3-5-12(13)19)17(24)21-8-11(2)27-15(9-21)18(25)26/h3-7,11,15H,8-9H2,1-2H3,(H,25,26)/t11-,15?/m1/s1. The number of carboxylic acid groups (broad SMARTS) is 1. The largest absolute Gasteiger partial charge is 0.479 e. The van der Waals surface area contributed by atoms with Crippen LogP contribution in [-0.4, -0.2) is 57.0 Å². The van der Waals surface area contributed by atoms with Crippen LogP contribution in [0.15, 0.2) is 35.1 Å². The highest BCUT2D eigenvalue weighted by Crippen LogP contribution is 2.16. The Labute approximate surface area is 153 Å². The number of rotatable bonds is 3. The van der Waals surface area contributed by atoms with Gasteiger partial charge in [0.15, 0.2) is 11.8 Å². The molecule has 2 aromatic rings. The van der Waals surface area contributed by atoms with E-state index in [1.807, 2.05) is 0 Å². The van der Waals surface area contributed by atoms with Crippen molar-refractivity contribution in [2.45, 2.75) is 26.1 Å². The molecule has 2 heterocycles. The lowest BCUT2D eigenvalue weighted by Crippen LogP contribution is -2.52. The van der Waals surface area contributed by atoms with Crippen molar-refractivity contribution in [3.05, 3.63) is 57.8 Å². The molecule has 1 aromatic carbocycles. The van der Waals surface area contributed by atoms with Gasteiger partial charge in [-0.05, 0) is 26.0 Å². The first-order chi connectivity index (χ1) is 12.8. The highest BCUT2D eigenvalue weighted by Gasteiger charge is 2.34. The first-order valence-corrected chi connectivity index (χ1v) is 8.31. The van der Waals surface area contributed by atoms with Crippen molar-refractivity contribution in [2.75, 3.05) is 13.1 Å². The molecule has 9 heteroatoms. The zero-order valence-corrected chi connectivity index (χ0v) is 14.8. The van der Waals surface area contributed by atoms with Crippen LogP contribution >= 0.6 is 0 Å². The Hall–Kier alpha value is -3.07. The van der Waals surface area contributed by atoms with E-state index < -0.39 is 41.0 Å². The van der Waals surface area contributed by atoms with Gasteiger partial charge < -0.3 is 14.7 Å². The number of morpholine rings is 1. The third-order valence-electron chi connectivity index (χ3n) is 4.21. The second kappa shape index (κ2) is 7.28. The molecule has 3 rings (SSSR count). The summed E-state index contributed by atoms with van der Waals surface area (Å²) in [7, 11) is 0. The van der Waals surface area contributed by atoms with E-state index in [0.29, 0.717) is 5.69 Å². The van der Waals surface area contributed by atoms with E-state index in [1.165, 1.54) is 33.8 Å². The van der Waals surface area contributed by atoms with E-state index in [0.717, 1.165) is 0 Å². The number of hydrogen-bond donors (Lipinski definition) is 1. The predicted octanol–water partition coefficient (Wildman–Crippen LogP) is 0.994. The number of aryl methyl sites for hydroxylation is 1. The van der Waals surface area contributed by atoms with Gasteiger partial charge in [-0.1, -0.05) is 12.1 Å². The van der Waals surface area contributed by atoms with E-state index in [1.54, 1.807) is 19.9 Å². The molecule has 0 bridgehead atoms. The average molecular weight is 375 g/mol. The number of carboxylic acids is 1. The maximum absolute atomic E-state index is 14.1. The molecule has 1 fully saturated rings. The summed E-state index contributed by atoms with van der Waals surface area (Å²) in [6.07, 6.45) is -1.69. The number of aromatic nitrogens is 2. The van der Waals surface area contributed by atoms with Crippen molar-refractivity contribution in [3.8, 4) is 5.69 Å². The summed E-state index contributed by atoms with van der Waals surface area (Å²) in [5, 5.41) is 13.2. The fourth-order valence-corrected chi connectivity index (χ4v) is 2.97. The molecule has 1 saturated heterocycles. The summed E-state index contributed by atoms with van der Waals surface area (Å²) in [5.74, 6) is -2.47. The van der Waals surface area contributed by atoms with Crippen LogP contribution in [0.25, 0.3) is 5.69 Å². The van der Waals surface area contributed by atoms with Gasteiger partial charge in [-0.3, -0.25) is 9.59 Å². The zero-order valence-electron chi connectivity index (χ0n) is 14.8. The number of hydrogen-bond acceptors (Lipinski definition) is 5. The van der Waals surface area contributed by atoms with E-state index in [4.69, 9.17) is 9.84 Å². The van der Waals surface area contributed by atoms with Gasteiger partial charge in [0.05, 0.1) is 12.6 Å². The Morgan fingerprint density at radius 3 is 2.67 bits per heavy atom. The third kappa shape index (κ3) is 3.72. The van der Waals surface area contributed by atoms with Crippen LogP contribution in [0.2, 0.25) is 0 Å². The Morgan fingerprint density at radius 1 is 1.30 bits per heavy atom. The zero-order chi connectivity index (χ0) is 19.7. The molecule has 2 atom stereocenters. The monoisotopic (exact) mass is 375 g/mol. The quantitative estimate of drug-likeness (QED) is 0.859. The summed E-state index contributed by atoms with van der Waals surface area (Å²) < 4.78 is 20.6. The topological polar surface area (TPSA) is 102 Å². The molecule has 8 nitrogen and oxygen atoms in total. The molecule has 0 saturated carbocycles. The molecule has 0 radical (unpaired) electrons. The molecule has 1 unspecified atom stereocenters. The summed E-state index contributed by atoms with van der Waals surface area (Å²) in [6, 6.07) is 7.05. The molecule has 1 amide bonds. The molecule has 0 spiro atoms. The van der Waals surface area contributed by atoms with Gasteiger partial charge in [0.2, 0.25) is 5.43 Å². The minimum Gasteiger partial charge on any atom is -0.479 e. The molecule has 142 valence electrons. The second-order valence-electron chi connectivity index (χ2n) is 6.35. The number of aliphatic carboxylic acids is 1. The lowest BCUT2D eigenvalue weighted by atomic mass is 10.2. The minimum atomic E-state index is -1.19. The number of nitrogens with zero attached hydrogens (tertiary/aromatic N) is 3. The van der Waals surface area contributed by atoms with Gasteiger partial charge in [0, 0.05) is 18.3 Å². The Kier molecular flexibility index (Phi) is 5.04. The first-order valence-electron chi connectivity index (χ1n) is 8.31. The number of carbonyl (C=O) groups is 2. The lowest BCUT2D eigenvalue weighted by Gasteiger charge is -2.34. The average Bonchev–Trinajstić information content (AvgIpc) is 2.61. The SMILES string of the molecule is Cc1cc(=O)c(C(=O)N2CC(C(=O)O)O[C@H](C)C2)nn1-c1ccccc1F. The highest BCUT2D eigenvalue weighted by atomic mass is 19.1. The molecule has 27 heavy (non-hydrogen) atoms. The number of benzene rings is 1. The van der Waals surface area contributed by atoms with Crippen molar-refractivity contribution < 1.29 is 23.8 Å². The molecule has 0 aliphatic carbocycles. The maximum atomic E-state index is 14.1. The molecular weight excluding hydrogens is 357 g/mol. The number of ether oxygens (including phenoxy) is 1. The Balaban J connectivity index is 2.00. The molecule has 1 aromatic heterocycles. The normalized spacial score (nSPS) is 19.7. The summed E-state index contributed by atoms with van der Waals surface area (Å²) >= 11 is 0. The Bertz CT molecular complexity index is 958. The van der Waals surface area contributed by atoms with Crippen LogP contribution in [0.3, 0.4) is 0 Å². The van der Waals surface area contributed by atoms with Crippen LogP contribution in [-0.2, 0) is 9.53 Å². The summed E-state index contributed by atoms with van der Waals surface area (Å²) in [5.41, 5.74) is -0.554. The maximum Gasteiger partial charge on any atom is 0.334 e. The number of amides is 1. The van der Waals surface area contributed by atoms with Crippen molar-refractivity contribution in [2.24, 2.45) is 0 Å². The Morgan fingerprint density at radius 2 is 2.00 bits per heavy atom. The second-order valence-corrected chi connectivity index (χ2v) is 6.35. The van der Waals surface area contributed by atoms with Crippen LogP contribution in [0.4, 0.5) is 4.39 Å². The van der Waals surface area contributed by atoms with Crippen molar-refractivity contribution in [1.29, 1.82) is 0 Å². The summed E-state index contributed by atoms with van der Waals surface area (Å²) in [4.78, 5) is 37.6. The smallest absolute Gasteiger partial charge is 0.334 e. The van der Waals surface area contributed by atoms with Crippen molar-refractivity contribution >= 4 is 11.9 Å². The van der Waals surface area contributed by atoms with Gasteiger partial charge in [-0.2, -0.15) is 5.10 Å². The van der Waals surface area contributed by atoms with E-state index in [2.05, 4.69) is 5.10 Å². The van der Waals surface area contributed by atoms with Crippen LogP contribution in [0, 0.1) is 12.7 Å². The molecular formula is C18H18FN3O5. The fourth-order valence-electron chi connectivity index (χ4n) is 2.97. The van der Waals surface area contributed by atoms with Gasteiger partial charge in [0.1, 0.15) is 11.5 Å². The third-order valence-corrected chi connectivity index (χ3v) is 4.21. The highest BCUT2D eigenvalue weighted by molar-refractivity contribution is 5.92. The first kappa shape index (κ1) is 18.7. The van der Waals surface area contributed by atoms with Gasteiger partial charge in [-0.15, -0.1) is 0 Å². The van der Waals surface area contributed by atoms with E-state index >= 15 is 0 Å². The minimum absolute atomic E-state index is 0.0998. The van der Waals surface area contributed by atoms with Gasteiger partial charge in [0.25, 0.3) is 5.91 Å². The van der Waals surface area contributed by atoms with Gasteiger partial charge in [-0.25, -0.2) is 13.9 Å². The molecule has 1 aliphatic rings. The molecule has 1 N–H and O–H groups in total. The predicted molar refractivity (Wildman–Crippen MR) is 92.4 cm³/mol. The fraction of sp³-hybridized carbons (Fsp3) is 0.333. The van der Waals surface area contributed by atoms with Crippen LogP contribution in [0.1, 0.15) is 23.1 Å². The number of carbonyl (C=O) groups excluding carboxylic acids is 1. The van der Waals surface area contributed by atoms with E-state index in [-0.39, 0.29) is 18.8 Å².